The van der Waals surface area contributed by atoms with Gasteiger partial charge in [-0.25, -0.2) is 0 Å². The third kappa shape index (κ3) is 4.34. The lowest BCUT2D eigenvalue weighted by molar-refractivity contribution is 0.679. The molecule has 0 heterocycles. The Hall–Kier alpha value is -0.200. The molecule has 0 aliphatic heterocycles. The molecule has 1 aromatic rings. The lowest BCUT2D eigenvalue weighted by Crippen LogP contribution is -2.10. The van der Waals surface area contributed by atoms with Gasteiger partial charge in [0.25, 0.3) is 0 Å². The number of aryl methyl sites for hydroxylation is 1. The molecule has 14 heavy (non-hydrogen) atoms. The Labute approximate surface area is 96.2 Å². The van der Waals surface area contributed by atoms with Crippen molar-refractivity contribution in [3.05, 3.63) is 35.9 Å². The van der Waals surface area contributed by atoms with Gasteiger partial charge in [-0.1, -0.05) is 30.3 Å². The Bertz CT molecular complexity index is 244. The summed E-state index contributed by atoms with van der Waals surface area (Å²) >= 11 is 11.9. The number of hydrogen-bond donors (Lipinski definition) is 0. The van der Waals surface area contributed by atoms with Crippen LogP contribution in [-0.2, 0) is 6.42 Å². The molecule has 2 unspecified atom stereocenters. The van der Waals surface area contributed by atoms with Gasteiger partial charge in [0.1, 0.15) is 0 Å². The zero-order valence-corrected chi connectivity index (χ0v) is 9.93. The maximum absolute atomic E-state index is 6.05. The van der Waals surface area contributed by atoms with Crippen LogP contribution in [0.3, 0.4) is 0 Å². The first kappa shape index (κ1) is 11.9. The minimum absolute atomic E-state index is 0.0624. The van der Waals surface area contributed by atoms with Crippen molar-refractivity contribution < 1.29 is 0 Å². The van der Waals surface area contributed by atoms with E-state index in [4.69, 9.17) is 23.2 Å². The largest absolute Gasteiger partial charge is 0.122 e. The first-order valence-corrected chi connectivity index (χ1v) is 5.89. The van der Waals surface area contributed by atoms with E-state index < -0.39 is 0 Å². The molecule has 2 heteroatoms. The average Bonchev–Trinajstić information content (AvgIpc) is 2.19. The predicted octanol–water partition coefficient (Wildman–Crippen LogP) is 4.24. The number of rotatable bonds is 5. The van der Waals surface area contributed by atoms with Crippen LogP contribution in [0.1, 0.15) is 25.3 Å². The van der Waals surface area contributed by atoms with Gasteiger partial charge in [-0.3, -0.25) is 0 Å². The Morgan fingerprint density at radius 2 is 1.79 bits per heavy atom. The molecule has 0 aliphatic carbocycles. The molecule has 0 fully saturated rings. The topological polar surface area (TPSA) is 0 Å². The summed E-state index contributed by atoms with van der Waals surface area (Å²) in [4.78, 5) is 0. The number of hydrogen-bond acceptors (Lipinski definition) is 0. The zero-order chi connectivity index (χ0) is 10.4. The van der Waals surface area contributed by atoms with E-state index in [0.717, 1.165) is 19.3 Å². The molecule has 0 saturated heterocycles. The van der Waals surface area contributed by atoms with Crippen LogP contribution in [0.15, 0.2) is 30.3 Å². The molecule has 1 aromatic carbocycles. The molecule has 0 spiro atoms. The minimum Gasteiger partial charge on any atom is -0.122 e. The maximum atomic E-state index is 6.05. The molecule has 0 nitrogen and oxygen atoms in total. The molecular weight excluding hydrogens is 215 g/mol. The maximum Gasteiger partial charge on any atom is 0.0497 e. The molecular formula is C12H16Cl2. The van der Waals surface area contributed by atoms with Crippen LogP contribution in [-0.4, -0.2) is 10.8 Å². The van der Waals surface area contributed by atoms with E-state index in [0.29, 0.717) is 0 Å². The molecule has 1 rings (SSSR count). The van der Waals surface area contributed by atoms with Crippen molar-refractivity contribution in [3.8, 4) is 0 Å². The first-order chi connectivity index (χ1) is 6.70. The highest BCUT2D eigenvalue weighted by atomic mass is 35.5. The zero-order valence-electron chi connectivity index (χ0n) is 8.42. The van der Waals surface area contributed by atoms with Crippen LogP contribution in [0.5, 0.6) is 0 Å². The predicted molar refractivity (Wildman–Crippen MR) is 64.3 cm³/mol. The Balaban J connectivity index is 2.22. The van der Waals surface area contributed by atoms with Gasteiger partial charge in [0, 0.05) is 10.8 Å². The molecule has 78 valence electrons. The fourth-order valence-corrected chi connectivity index (χ4v) is 1.66. The normalized spacial score (nSPS) is 15.1. The SMILES string of the molecule is CC(Cl)C(Cl)CCCc1ccccc1. The molecule has 0 radical (unpaired) electrons. The number of halogens is 2. The van der Waals surface area contributed by atoms with Gasteiger partial charge < -0.3 is 0 Å². The summed E-state index contributed by atoms with van der Waals surface area (Å²) in [6.45, 7) is 1.95. The summed E-state index contributed by atoms with van der Waals surface area (Å²) in [5, 5.41) is 0.160. The van der Waals surface area contributed by atoms with Gasteiger partial charge in [0.05, 0.1) is 0 Å². The number of alkyl halides is 2. The first-order valence-electron chi connectivity index (χ1n) is 5.02. The van der Waals surface area contributed by atoms with Crippen molar-refractivity contribution in [1.82, 2.24) is 0 Å². The third-order valence-electron chi connectivity index (χ3n) is 2.29. The van der Waals surface area contributed by atoms with Crippen LogP contribution in [0.25, 0.3) is 0 Å². The van der Waals surface area contributed by atoms with Gasteiger partial charge in [0.2, 0.25) is 0 Å². The third-order valence-corrected chi connectivity index (χ3v) is 3.32. The van der Waals surface area contributed by atoms with Crippen LogP contribution < -0.4 is 0 Å². The Morgan fingerprint density at radius 1 is 1.14 bits per heavy atom. The molecule has 0 N–H and O–H groups in total. The van der Waals surface area contributed by atoms with Crippen LogP contribution >= 0.6 is 23.2 Å². The lowest BCUT2D eigenvalue weighted by atomic mass is 10.1. The van der Waals surface area contributed by atoms with Gasteiger partial charge in [-0.05, 0) is 31.7 Å². The van der Waals surface area contributed by atoms with E-state index >= 15 is 0 Å². The molecule has 0 aliphatic rings. The highest BCUT2D eigenvalue weighted by Gasteiger charge is 2.10. The minimum atomic E-state index is 0.0624. The van der Waals surface area contributed by atoms with Crippen LogP contribution in [0, 0.1) is 0 Å². The fraction of sp³-hybridized carbons (Fsp3) is 0.500. The van der Waals surface area contributed by atoms with E-state index in [2.05, 4.69) is 24.3 Å². The van der Waals surface area contributed by atoms with E-state index in [1.807, 2.05) is 13.0 Å². The van der Waals surface area contributed by atoms with Gasteiger partial charge in [-0.2, -0.15) is 0 Å². The summed E-state index contributed by atoms with van der Waals surface area (Å²) in [6.07, 6.45) is 3.18. The van der Waals surface area contributed by atoms with Crippen molar-refractivity contribution in [2.24, 2.45) is 0 Å². The van der Waals surface area contributed by atoms with Crippen molar-refractivity contribution in [2.45, 2.75) is 36.9 Å². The molecule has 0 bridgehead atoms. The van der Waals surface area contributed by atoms with Crippen LogP contribution in [0.2, 0.25) is 0 Å². The Kier molecular flexibility index (Phi) is 5.36. The molecule has 2 atom stereocenters. The molecule has 0 amide bonds. The lowest BCUT2D eigenvalue weighted by Gasteiger charge is -2.10. The second-order valence-corrected chi connectivity index (χ2v) is 4.82. The highest BCUT2D eigenvalue weighted by molar-refractivity contribution is 6.29. The quantitative estimate of drug-likeness (QED) is 0.665. The second kappa shape index (κ2) is 6.31. The van der Waals surface area contributed by atoms with Crippen molar-refractivity contribution in [1.29, 1.82) is 0 Å². The standard InChI is InChI=1S/C12H16Cl2/c1-10(13)12(14)9-5-8-11-6-3-2-4-7-11/h2-4,6-7,10,12H,5,8-9H2,1H3. The molecule has 0 saturated carbocycles. The summed E-state index contributed by atoms with van der Waals surface area (Å²) in [7, 11) is 0. The summed E-state index contributed by atoms with van der Waals surface area (Å²) < 4.78 is 0. The van der Waals surface area contributed by atoms with Gasteiger partial charge in [0.15, 0.2) is 0 Å². The number of benzene rings is 1. The van der Waals surface area contributed by atoms with E-state index in [1.165, 1.54) is 5.56 Å². The van der Waals surface area contributed by atoms with Gasteiger partial charge >= 0.3 is 0 Å². The monoisotopic (exact) mass is 230 g/mol. The smallest absolute Gasteiger partial charge is 0.0497 e. The summed E-state index contributed by atoms with van der Waals surface area (Å²) in [6, 6.07) is 10.5. The van der Waals surface area contributed by atoms with E-state index in [-0.39, 0.29) is 10.8 Å². The fourth-order valence-electron chi connectivity index (χ4n) is 1.38. The van der Waals surface area contributed by atoms with Crippen LogP contribution in [0.4, 0.5) is 0 Å². The van der Waals surface area contributed by atoms with Crippen molar-refractivity contribution in [3.63, 3.8) is 0 Å². The van der Waals surface area contributed by atoms with Crippen molar-refractivity contribution in [2.75, 3.05) is 0 Å². The highest BCUT2D eigenvalue weighted by Crippen LogP contribution is 2.16. The average molecular weight is 231 g/mol. The van der Waals surface area contributed by atoms with Crippen molar-refractivity contribution >= 4 is 23.2 Å². The second-order valence-electron chi connectivity index (χ2n) is 3.57. The van der Waals surface area contributed by atoms with E-state index in [9.17, 15) is 0 Å². The molecule has 0 aromatic heterocycles. The van der Waals surface area contributed by atoms with Gasteiger partial charge in [-0.15, -0.1) is 23.2 Å². The Morgan fingerprint density at radius 3 is 2.36 bits per heavy atom. The summed E-state index contributed by atoms with van der Waals surface area (Å²) in [5.41, 5.74) is 1.37. The summed E-state index contributed by atoms with van der Waals surface area (Å²) in [5.74, 6) is 0. The van der Waals surface area contributed by atoms with E-state index in [1.54, 1.807) is 0 Å².